The van der Waals surface area contributed by atoms with E-state index in [1.165, 1.54) is 6.07 Å². The van der Waals surface area contributed by atoms with Crippen molar-refractivity contribution >= 4 is 17.6 Å². The van der Waals surface area contributed by atoms with Gasteiger partial charge in [0, 0.05) is 19.2 Å². The molecule has 1 aliphatic heterocycles. The molecule has 0 unspecified atom stereocenters. The molecule has 0 bridgehead atoms. The highest BCUT2D eigenvalue weighted by atomic mass is 16.2. The molecule has 2 rings (SSSR count). The fourth-order valence-corrected chi connectivity index (χ4v) is 1.78. The van der Waals surface area contributed by atoms with Crippen LogP contribution in [0.4, 0.5) is 5.82 Å². The molecule has 0 aromatic carbocycles. The van der Waals surface area contributed by atoms with Crippen LogP contribution in [0.2, 0.25) is 0 Å². The van der Waals surface area contributed by atoms with E-state index in [-0.39, 0.29) is 29.9 Å². The maximum atomic E-state index is 11.6. The minimum absolute atomic E-state index is 0.0117. The zero-order chi connectivity index (χ0) is 12.3. The average molecular weight is 237 g/mol. The quantitative estimate of drug-likeness (QED) is 0.649. The van der Waals surface area contributed by atoms with Crippen LogP contribution in [0.25, 0.3) is 0 Å². The summed E-state index contributed by atoms with van der Waals surface area (Å²) in [7, 11) is 0. The summed E-state index contributed by atoms with van der Waals surface area (Å²) < 4.78 is 0. The second-order valence-corrected chi connectivity index (χ2v) is 3.98. The summed E-state index contributed by atoms with van der Waals surface area (Å²) in [5, 5.41) is 8.66. The molecule has 17 heavy (non-hydrogen) atoms. The number of rotatable bonds is 3. The smallest absolute Gasteiger partial charge is 0.269 e. The van der Waals surface area contributed by atoms with Crippen molar-refractivity contribution in [1.29, 1.82) is 0 Å². The molecule has 7 heteroatoms. The number of nitrogens with two attached hydrogens (primary N) is 1. The summed E-state index contributed by atoms with van der Waals surface area (Å²) in [5.41, 5.74) is 5.64. The second-order valence-electron chi connectivity index (χ2n) is 3.98. The third-order valence-corrected chi connectivity index (χ3v) is 2.70. The van der Waals surface area contributed by atoms with Crippen LogP contribution in [0.3, 0.4) is 0 Å². The van der Waals surface area contributed by atoms with E-state index in [2.05, 4.69) is 15.5 Å². The molecular formula is C10H15N5O2. The Bertz CT molecular complexity index is 422. The van der Waals surface area contributed by atoms with Crippen molar-refractivity contribution in [2.45, 2.75) is 12.8 Å². The summed E-state index contributed by atoms with van der Waals surface area (Å²) in [6, 6.07) is 1.43. The van der Waals surface area contributed by atoms with Gasteiger partial charge in [-0.1, -0.05) is 0 Å². The van der Waals surface area contributed by atoms with Crippen molar-refractivity contribution in [3.8, 4) is 0 Å². The molecule has 4 N–H and O–H groups in total. The Morgan fingerprint density at radius 1 is 1.47 bits per heavy atom. The summed E-state index contributed by atoms with van der Waals surface area (Å²) in [6.45, 7) is 1.58. The van der Waals surface area contributed by atoms with Crippen molar-refractivity contribution in [2.24, 2.45) is 0 Å². The van der Waals surface area contributed by atoms with Crippen molar-refractivity contribution < 1.29 is 9.59 Å². The van der Waals surface area contributed by atoms with Gasteiger partial charge in [0.2, 0.25) is 5.91 Å². The number of nitrogen functional groups attached to an aromatic ring is 1. The molecule has 1 saturated heterocycles. The Morgan fingerprint density at radius 3 is 2.76 bits per heavy atom. The number of carbonyl (C=O) groups excluding carboxylic acids is 2. The predicted molar refractivity (Wildman–Crippen MR) is 61.1 cm³/mol. The second kappa shape index (κ2) is 4.86. The van der Waals surface area contributed by atoms with E-state index >= 15 is 0 Å². The third-order valence-electron chi connectivity index (χ3n) is 2.70. The van der Waals surface area contributed by atoms with Crippen LogP contribution >= 0.6 is 0 Å². The fraction of sp³-hybridized carbons (Fsp3) is 0.500. The zero-order valence-corrected chi connectivity index (χ0v) is 9.40. The summed E-state index contributed by atoms with van der Waals surface area (Å²) >= 11 is 0. The van der Waals surface area contributed by atoms with Gasteiger partial charge in [-0.25, -0.2) is 0 Å². The Kier molecular flexibility index (Phi) is 3.27. The van der Waals surface area contributed by atoms with E-state index in [0.717, 1.165) is 25.9 Å². The summed E-state index contributed by atoms with van der Waals surface area (Å²) in [5.74, 6) is -0.175. The van der Waals surface area contributed by atoms with Crippen molar-refractivity contribution in [3.63, 3.8) is 0 Å². The number of likely N-dealkylation sites (tertiary alicyclic amines) is 1. The van der Waals surface area contributed by atoms with Gasteiger partial charge < -0.3 is 16.0 Å². The van der Waals surface area contributed by atoms with Gasteiger partial charge >= 0.3 is 0 Å². The SMILES string of the molecule is Nc1cc(C(=O)NCC(=O)N2CCCC2)[nH]n1. The number of aromatic amines is 1. The summed E-state index contributed by atoms with van der Waals surface area (Å²) in [6.07, 6.45) is 2.08. The number of H-pyrrole nitrogens is 1. The van der Waals surface area contributed by atoms with Crippen molar-refractivity contribution in [3.05, 3.63) is 11.8 Å². The third kappa shape index (κ3) is 2.74. The van der Waals surface area contributed by atoms with Crippen LogP contribution in [-0.4, -0.2) is 46.5 Å². The largest absolute Gasteiger partial charge is 0.382 e. The molecule has 1 aliphatic rings. The maximum Gasteiger partial charge on any atom is 0.269 e. The molecule has 0 saturated carbocycles. The molecule has 1 aromatic rings. The van der Waals surface area contributed by atoms with E-state index in [1.807, 2.05) is 0 Å². The number of nitrogens with zero attached hydrogens (tertiary/aromatic N) is 2. The number of aromatic nitrogens is 2. The lowest BCUT2D eigenvalue weighted by molar-refractivity contribution is -0.129. The highest BCUT2D eigenvalue weighted by Crippen LogP contribution is 2.06. The standard InChI is InChI=1S/C10H15N5O2/c11-8-5-7(13-14-8)10(17)12-6-9(16)15-3-1-2-4-15/h5H,1-4,6H2,(H,12,17)(H3,11,13,14). The molecule has 7 nitrogen and oxygen atoms in total. The lowest BCUT2D eigenvalue weighted by Crippen LogP contribution is -2.38. The molecule has 0 atom stereocenters. The molecule has 92 valence electrons. The zero-order valence-electron chi connectivity index (χ0n) is 9.40. The van der Waals surface area contributed by atoms with Gasteiger partial charge in [-0.2, -0.15) is 5.10 Å². The molecule has 0 radical (unpaired) electrons. The first-order chi connectivity index (χ1) is 8.16. The first-order valence-electron chi connectivity index (χ1n) is 5.53. The lowest BCUT2D eigenvalue weighted by atomic mass is 10.4. The number of hydrogen-bond acceptors (Lipinski definition) is 4. The van der Waals surface area contributed by atoms with Crippen LogP contribution in [0.1, 0.15) is 23.3 Å². The maximum absolute atomic E-state index is 11.6. The highest BCUT2D eigenvalue weighted by Gasteiger charge is 2.18. The van der Waals surface area contributed by atoms with Gasteiger partial charge in [0.15, 0.2) is 0 Å². The number of amides is 2. The van der Waals surface area contributed by atoms with Gasteiger partial charge in [-0.05, 0) is 12.8 Å². The van der Waals surface area contributed by atoms with Gasteiger partial charge in [0.05, 0.1) is 6.54 Å². The van der Waals surface area contributed by atoms with E-state index in [4.69, 9.17) is 5.73 Å². The Hall–Kier alpha value is -2.05. The topological polar surface area (TPSA) is 104 Å². The average Bonchev–Trinajstić information content (AvgIpc) is 2.95. The van der Waals surface area contributed by atoms with Crippen LogP contribution in [0.15, 0.2) is 6.07 Å². The van der Waals surface area contributed by atoms with Gasteiger partial charge in [0.25, 0.3) is 5.91 Å². The first kappa shape index (κ1) is 11.4. The van der Waals surface area contributed by atoms with E-state index in [0.29, 0.717) is 0 Å². The lowest BCUT2D eigenvalue weighted by Gasteiger charge is -2.15. The highest BCUT2D eigenvalue weighted by molar-refractivity contribution is 5.95. The van der Waals surface area contributed by atoms with Crippen molar-refractivity contribution in [2.75, 3.05) is 25.4 Å². The predicted octanol–water partition coefficient (Wildman–Crippen LogP) is -0.656. The van der Waals surface area contributed by atoms with E-state index in [9.17, 15) is 9.59 Å². The van der Waals surface area contributed by atoms with Crippen molar-refractivity contribution in [1.82, 2.24) is 20.4 Å². The van der Waals surface area contributed by atoms with Crippen LogP contribution in [0.5, 0.6) is 0 Å². The Balaban J connectivity index is 1.81. The number of carbonyl (C=O) groups is 2. The molecule has 2 heterocycles. The molecular weight excluding hydrogens is 222 g/mol. The minimum Gasteiger partial charge on any atom is -0.382 e. The van der Waals surface area contributed by atoms with Gasteiger partial charge in [0.1, 0.15) is 11.5 Å². The molecule has 0 spiro atoms. The Labute approximate surface area is 98.4 Å². The minimum atomic E-state index is -0.373. The normalized spacial score (nSPS) is 14.9. The first-order valence-corrected chi connectivity index (χ1v) is 5.53. The number of nitrogens with one attached hydrogen (secondary N) is 2. The summed E-state index contributed by atoms with van der Waals surface area (Å²) in [4.78, 5) is 25.0. The fourth-order valence-electron chi connectivity index (χ4n) is 1.78. The van der Waals surface area contributed by atoms with Crippen LogP contribution in [0, 0.1) is 0 Å². The van der Waals surface area contributed by atoms with Crippen LogP contribution in [-0.2, 0) is 4.79 Å². The molecule has 1 fully saturated rings. The molecule has 1 aromatic heterocycles. The number of anilines is 1. The van der Waals surface area contributed by atoms with Gasteiger partial charge in [-0.15, -0.1) is 0 Å². The van der Waals surface area contributed by atoms with Gasteiger partial charge in [-0.3, -0.25) is 14.7 Å². The molecule has 2 amide bonds. The monoisotopic (exact) mass is 237 g/mol. The molecule has 0 aliphatic carbocycles. The van der Waals surface area contributed by atoms with E-state index < -0.39 is 0 Å². The number of hydrogen-bond donors (Lipinski definition) is 3. The Morgan fingerprint density at radius 2 is 2.18 bits per heavy atom. The van der Waals surface area contributed by atoms with Crippen LogP contribution < -0.4 is 11.1 Å². The van der Waals surface area contributed by atoms with E-state index in [1.54, 1.807) is 4.90 Å².